The van der Waals surface area contributed by atoms with Gasteiger partial charge < -0.3 is 14.2 Å². The maximum Gasteiger partial charge on any atom is 0.199 e. The third-order valence-electron chi connectivity index (χ3n) is 3.69. The zero-order valence-electron chi connectivity index (χ0n) is 13.6. The maximum absolute atomic E-state index is 11.2. The number of methoxy groups -OCH3 is 1. The van der Waals surface area contributed by atoms with Crippen molar-refractivity contribution in [1.29, 1.82) is 0 Å². The molecular formula is C18H24O4. The smallest absolute Gasteiger partial charge is 0.199 e. The Balaban J connectivity index is 2.33. The van der Waals surface area contributed by atoms with E-state index in [2.05, 4.69) is 6.08 Å². The Morgan fingerprint density at radius 1 is 1.36 bits per heavy atom. The highest BCUT2D eigenvalue weighted by Crippen LogP contribution is 2.34. The lowest BCUT2D eigenvalue weighted by atomic mass is 10.0. The van der Waals surface area contributed by atoms with Crippen LogP contribution in [0.3, 0.4) is 0 Å². The van der Waals surface area contributed by atoms with Crippen LogP contribution in [-0.2, 0) is 11.2 Å². The summed E-state index contributed by atoms with van der Waals surface area (Å²) in [6.07, 6.45) is 6.43. The van der Waals surface area contributed by atoms with E-state index >= 15 is 0 Å². The molecule has 1 fully saturated rings. The zero-order chi connectivity index (χ0) is 15.9. The number of rotatable bonds is 6. The quantitative estimate of drug-likeness (QED) is 0.590. The van der Waals surface area contributed by atoms with Gasteiger partial charge in [0.25, 0.3) is 0 Å². The van der Waals surface area contributed by atoms with Gasteiger partial charge in [-0.2, -0.15) is 0 Å². The predicted molar refractivity (Wildman–Crippen MR) is 85.7 cm³/mol. The number of benzene rings is 1. The zero-order valence-corrected chi connectivity index (χ0v) is 13.6. The molecule has 0 N–H and O–H groups in total. The first kappa shape index (κ1) is 16.6. The second kappa shape index (κ2) is 7.99. The number of allylic oxidation sites excluding steroid dienone is 2. The molecule has 22 heavy (non-hydrogen) atoms. The molecular weight excluding hydrogens is 280 g/mol. The molecule has 0 bridgehead atoms. The molecule has 1 heterocycles. The van der Waals surface area contributed by atoms with Crippen LogP contribution < -0.4 is 9.47 Å². The third kappa shape index (κ3) is 4.10. The second-order valence-electron chi connectivity index (χ2n) is 5.68. The summed E-state index contributed by atoms with van der Waals surface area (Å²) >= 11 is 0. The van der Waals surface area contributed by atoms with Crippen molar-refractivity contribution >= 4 is 6.29 Å². The van der Waals surface area contributed by atoms with E-state index in [-0.39, 0.29) is 6.29 Å². The van der Waals surface area contributed by atoms with E-state index in [1.54, 1.807) is 13.2 Å². The van der Waals surface area contributed by atoms with Gasteiger partial charge in [-0.25, -0.2) is 0 Å². The van der Waals surface area contributed by atoms with E-state index in [4.69, 9.17) is 14.2 Å². The molecule has 1 aromatic carbocycles. The highest BCUT2D eigenvalue weighted by atomic mass is 16.7. The number of carbonyl (C=O) groups excluding carboxylic acids is 1. The first-order valence-electron chi connectivity index (χ1n) is 7.72. The van der Waals surface area contributed by atoms with Crippen LogP contribution >= 0.6 is 0 Å². The molecule has 1 aliphatic rings. The van der Waals surface area contributed by atoms with E-state index in [0.717, 1.165) is 43.5 Å². The van der Waals surface area contributed by atoms with E-state index in [0.29, 0.717) is 17.7 Å². The Morgan fingerprint density at radius 2 is 2.18 bits per heavy atom. The molecule has 2 rings (SSSR count). The van der Waals surface area contributed by atoms with Crippen molar-refractivity contribution in [2.45, 2.75) is 45.8 Å². The first-order valence-corrected chi connectivity index (χ1v) is 7.72. The molecule has 0 radical (unpaired) electrons. The molecule has 4 nitrogen and oxygen atoms in total. The third-order valence-corrected chi connectivity index (χ3v) is 3.69. The molecule has 0 spiro atoms. The Hall–Kier alpha value is -1.81. The van der Waals surface area contributed by atoms with Crippen LogP contribution in [0.5, 0.6) is 11.5 Å². The molecule has 1 atom stereocenters. The standard InChI is InChI=1S/C18H24O4/c1-13(2)7-9-15-16(22-17-6-4-5-11-21-17)10-8-14(12-19)18(15)20-3/h7-8,10,12,17H,4-6,9,11H2,1-3H3. The maximum atomic E-state index is 11.2. The molecule has 120 valence electrons. The number of ether oxygens (including phenoxy) is 3. The van der Waals surface area contributed by atoms with Crippen molar-refractivity contribution in [2.75, 3.05) is 13.7 Å². The van der Waals surface area contributed by atoms with Gasteiger partial charge in [-0.05, 0) is 45.2 Å². The van der Waals surface area contributed by atoms with E-state index in [1.807, 2.05) is 19.9 Å². The molecule has 1 saturated heterocycles. The lowest BCUT2D eigenvalue weighted by Crippen LogP contribution is -2.25. The van der Waals surface area contributed by atoms with Gasteiger partial charge in [0.2, 0.25) is 0 Å². The van der Waals surface area contributed by atoms with Crippen LogP contribution in [0.1, 0.15) is 49.0 Å². The van der Waals surface area contributed by atoms with Gasteiger partial charge in [0.1, 0.15) is 11.5 Å². The Kier molecular flexibility index (Phi) is 6.01. The Labute approximate surface area is 132 Å². The van der Waals surface area contributed by atoms with Crippen molar-refractivity contribution in [3.8, 4) is 11.5 Å². The Morgan fingerprint density at radius 3 is 2.77 bits per heavy atom. The largest absolute Gasteiger partial charge is 0.496 e. The summed E-state index contributed by atoms with van der Waals surface area (Å²) in [5, 5.41) is 0. The van der Waals surface area contributed by atoms with Crippen LogP contribution in [0.4, 0.5) is 0 Å². The average molecular weight is 304 g/mol. The van der Waals surface area contributed by atoms with Crippen LogP contribution in [0.2, 0.25) is 0 Å². The molecule has 0 aliphatic carbocycles. The van der Waals surface area contributed by atoms with Crippen LogP contribution in [-0.4, -0.2) is 26.3 Å². The van der Waals surface area contributed by atoms with Crippen molar-refractivity contribution in [2.24, 2.45) is 0 Å². The highest BCUT2D eigenvalue weighted by molar-refractivity contribution is 5.81. The van der Waals surface area contributed by atoms with Gasteiger partial charge in [-0.15, -0.1) is 0 Å². The number of aldehydes is 1. The monoisotopic (exact) mass is 304 g/mol. The second-order valence-corrected chi connectivity index (χ2v) is 5.68. The van der Waals surface area contributed by atoms with Gasteiger partial charge in [0.15, 0.2) is 12.6 Å². The minimum Gasteiger partial charge on any atom is -0.496 e. The molecule has 0 aromatic heterocycles. The fourth-order valence-corrected chi connectivity index (χ4v) is 2.52. The van der Waals surface area contributed by atoms with Gasteiger partial charge in [-0.1, -0.05) is 11.6 Å². The van der Waals surface area contributed by atoms with Crippen LogP contribution in [0.15, 0.2) is 23.8 Å². The van der Waals surface area contributed by atoms with Gasteiger partial charge in [0.05, 0.1) is 19.3 Å². The fraction of sp³-hybridized carbons (Fsp3) is 0.500. The van der Waals surface area contributed by atoms with Crippen molar-refractivity contribution in [1.82, 2.24) is 0 Å². The summed E-state index contributed by atoms with van der Waals surface area (Å²) in [4.78, 5) is 11.2. The highest BCUT2D eigenvalue weighted by Gasteiger charge is 2.20. The van der Waals surface area contributed by atoms with Crippen LogP contribution in [0.25, 0.3) is 0 Å². The lowest BCUT2D eigenvalue weighted by molar-refractivity contribution is -0.106. The van der Waals surface area contributed by atoms with Gasteiger partial charge in [-0.3, -0.25) is 4.79 Å². The number of hydrogen-bond acceptors (Lipinski definition) is 4. The van der Waals surface area contributed by atoms with Crippen molar-refractivity contribution < 1.29 is 19.0 Å². The normalized spacial score (nSPS) is 17.7. The summed E-state index contributed by atoms with van der Waals surface area (Å²) in [5.74, 6) is 1.31. The minimum atomic E-state index is -0.217. The molecule has 1 aromatic rings. The van der Waals surface area contributed by atoms with E-state index < -0.39 is 0 Å². The number of hydrogen-bond donors (Lipinski definition) is 0. The van der Waals surface area contributed by atoms with Gasteiger partial charge >= 0.3 is 0 Å². The predicted octanol–water partition coefficient (Wildman–Crippen LogP) is 3.92. The topological polar surface area (TPSA) is 44.8 Å². The van der Waals surface area contributed by atoms with Gasteiger partial charge in [0, 0.05) is 12.0 Å². The number of carbonyl (C=O) groups is 1. The lowest BCUT2D eigenvalue weighted by Gasteiger charge is -2.25. The molecule has 0 amide bonds. The first-order chi connectivity index (χ1) is 10.7. The average Bonchev–Trinajstić information content (AvgIpc) is 2.53. The Bertz CT molecular complexity index is 538. The summed E-state index contributed by atoms with van der Waals surface area (Å²) in [5.41, 5.74) is 2.64. The van der Waals surface area contributed by atoms with E-state index in [9.17, 15) is 4.79 Å². The molecule has 0 saturated carbocycles. The molecule has 1 aliphatic heterocycles. The SMILES string of the molecule is COc1c(C=O)ccc(OC2CCCCO2)c1CC=C(C)C. The fourth-order valence-electron chi connectivity index (χ4n) is 2.52. The van der Waals surface area contributed by atoms with Crippen LogP contribution in [0, 0.1) is 0 Å². The van der Waals surface area contributed by atoms with E-state index in [1.165, 1.54) is 5.57 Å². The van der Waals surface area contributed by atoms with Crippen molar-refractivity contribution in [3.05, 3.63) is 34.9 Å². The summed E-state index contributed by atoms with van der Waals surface area (Å²) in [6, 6.07) is 3.56. The van der Waals surface area contributed by atoms with Crippen molar-refractivity contribution in [3.63, 3.8) is 0 Å². The minimum absolute atomic E-state index is 0.217. The summed E-state index contributed by atoms with van der Waals surface area (Å²) < 4.78 is 17.1. The summed E-state index contributed by atoms with van der Waals surface area (Å²) in [7, 11) is 1.58. The molecule has 4 heteroatoms. The summed E-state index contributed by atoms with van der Waals surface area (Å²) in [6.45, 7) is 4.82. The molecule has 1 unspecified atom stereocenters.